The van der Waals surface area contributed by atoms with E-state index in [-0.39, 0.29) is 10.8 Å². The first-order valence-corrected chi connectivity index (χ1v) is 28.4. The van der Waals surface area contributed by atoms with Gasteiger partial charge in [0.25, 0.3) is 0 Å². The number of aryl methyl sites for hydroxylation is 2. The standard InChI is InChI=1S/C60H85NO6S2/c1-13-19-22-42(16-4)33-61-48(57-53-52(41(8)68-57)64-36-59(9,10)37-65-53)27-28-49(61)58-55-54(66-38-60(11,12)39-67-55)56(69-58)45-26-30-51(63-35-44(18-6)24-21-15-3)47(32-45)46-31-40(7)25-29-50(46)62-34-43(17-5)23-20-14-2/h25-32,42-44H,13-24,33-39H2,1-12H3. The van der Waals surface area contributed by atoms with E-state index in [1.807, 2.05) is 0 Å². The molecule has 0 N–H and O–H groups in total. The van der Waals surface area contributed by atoms with E-state index in [4.69, 9.17) is 28.4 Å². The molecule has 5 heterocycles. The highest BCUT2D eigenvalue weighted by atomic mass is 32.1. The van der Waals surface area contributed by atoms with Crippen LogP contribution in [0.15, 0.2) is 48.5 Å². The van der Waals surface area contributed by atoms with Crippen molar-refractivity contribution in [2.24, 2.45) is 28.6 Å². The van der Waals surface area contributed by atoms with Crippen molar-refractivity contribution in [3.8, 4) is 77.2 Å². The average Bonchev–Trinajstić information content (AvgIpc) is 3.94. The van der Waals surface area contributed by atoms with E-state index in [9.17, 15) is 0 Å². The predicted molar refractivity (Wildman–Crippen MR) is 292 cm³/mol. The molecule has 0 amide bonds. The third kappa shape index (κ3) is 12.7. The van der Waals surface area contributed by atoms with Crippen LogP contribution in [0.3, 0.4) is 0 Å². The molecule has 3 atom stereocenters. The van der Waals surface area contributed by atoms with Crippen molar-refractivity contribution in [2.45, 2.75) is 167 Å². The maximum absolute atomic E-state index is 7.01. The van der Waals surface area contributed by atoms with E-state index in [0.717, 1.165) is 108 Å². The topological polar surface area (TPSA) is 60.3 Å². The van der Waals surface area contributed by atoms with E-state index >= 15 is 0 Å². The second kappa shape index (κ2) is 23.9. The molecule has 0 aliphatic carbocycles. The van der Waals surface area contributed by atoms with Crippen molar-refractivity contribution in [1.29, 1.82) is 0 Å². The maximum atomic E-state index is 7.01. The van der Waals surface area contributed by atoms with Gasteiger partial charge in [0.05, 0.1) is 65.7 Å². The summed E-state index contributed by atoms with van der Waals surface area (Å²) in [5, 5.41) is 0. The number of fused-ring (bicyclic) bond motifs is 2. The number of benzene rings is 2. The Labute approximate surface area is 424 Å². The summed E-state index contributed by atoms with van der Waals surface area (Å²) in [5.41, 5.74) is 6.41. The van der Waals surface area contributed by atoms with E-state index in [1.165, 1.54) is 63.4 Å². The lowest BCUT2D eigenvalue weighted by Gasteiger charge is -2.22. The van der Waals surface area contributed by atoms with Gasteiger partial charge in [-0.15, -0.1) is 22.7 Å². The minimum atomic E-state index is -0.180. The number of ether oxygens (including phenoxy) is 6. The molecule has 2 aliphatic rings. The molecule has 2 aromatic carbocycles. The molecule has 3 aromatic heterocycles. The molecule has 3 unspecified atom stereocenters. The molecule has 9 heteroatoms. The number of nitrogens with zero attached hydrogens (tertiary/aromatic N) is 1. The first-order chi connectivity index (χ1) is 33.2. The van der Waals surface area contributed by atoms with Crippen molar-refractivity contribution >= 4 is 22.7 Å². The molecule has 0 bridgehead atoms. The molecular weight excluding hydrogens is 895 g/mol. The van der Waals surface area contributed by atoms with Gasteiger partial charge in [-0.05, 0) is 98.9 Å². The lowest BCUT2D eigenvalue weighted by Crippen LogP contribution is -2.26. The Bertz CT molecular complexity index is 2440. The monoisotopic (exact) mass is 980 g/mol. The molecule has 0 saturated carbocycles. The van der Waals surface area contributed by atoms with Crippen molar-refractivity contribution < 1.29 is 28.4 Å². The third-order valence-corrected chi connectivity index (χ3v) is 16.7. The molecular formula is C60H85NO6S2. The summed E-state index contributed by atoms with van der Waals surface area (Å²) in [5.74, 6) is 6.72. The summed E-state index contributed by atoms with van der Waals surface area (Å²) < 4.78 is 43.6. The first-order valence-electron chi connectivity index (χ1n) is 26.8. The number of hydrogen-bond acceptors (Lipinski definition) is 8. The minimum absolute atomic E-state index is 0.0892. The van der Waals surface area contributed by atoms with Crippen LogP contribution in [0.25, 0.3) is 42.7 Å². The van der Waals surface area contributed by atoms with Gasteiger partial charge in [0.2, 0.25) is 0 Å². The second-order valence-electron chi connectivity index (χ2n) is 21.8. The highest BCUT2D eigenvalue weighted by Gasteiger charge is 2.35. The number of thiophene rings is 2. The van der Waals surface area contributed by atoms with Crippen LogP contribution in [-0.2, 0) is 6.54 Å². The highest BCUT2D eigenvalue weighted by molar-refractivity contribution is 7.19. The zero-order valence-corrected chi connectivity index (χ0v) is 46.1. The molecule has 0 saturated heterocycles. The zero-order chi connectivity index (χ0) is 49.3. The van der Waals surface area contributed by atoms with E-state index in [1.54, 1.807) is 22.7 Å². The summed E-state index contributed by atoms with van der Waals surface area (Å²) in [4.78, 5) is 4.43. The van der Waals surface area contributed by atoms with Crippen LogP contribution >= 0.6 is 22.7 Å². The predicted octanol–water partition coefficient (Wildman–Crippen LogP) is 17.9. The van der Waals surface area contributed by atoms with Gasteiger partial charge in [0.15, 0.2) is 23.0 Å². The Morgan fingerprint density at radius 2 is 0.986 bits per heavy atom. The molecule has 0 fully saturated rings. The Kier molecular flexibility index (Phi) is 18.3. The van der Waals surface area contributed by atoms with E-state index in [0.29, 0.717) is 57.4 Å². The van der Waals surface area contributed by atoms with Crippen LogP contribution in [0.5, 0.6) is 34.5 Å². The highest BCUT2D eigenvalue weighted by Crippen LogP contribution is 2.57. The Hall–Kier alpha value is -4.08. The Morgan fingerprint density at radius 1 is 0.536 bits per heavy atom. The molecule has 5 aromatic rings. The Balaban J connectivity index is 1.40. The number of aromatic nitrogens is 1. The molecule has 0 radical (unpaired) electrons. The molecule has 378 valence electrons. The van der Waals surface area contributed by atoms with Gasteiger partial charge < -0.3 is 33.0 Å². The maximum Gasteiger partial charge on any atom is 0.182 e. The quantitative estimate of drug-likeness (QED) is 0.0614. The number of unbranched alkanes of at least 4 members (excludes halogenated alkanes) is 3. The Morgan fingerprint density at radius 3 is 1.51 bits per heavy atom. The zero-order valence-electron chi connectivity index (χ0n) is 44.5. The van der Waals surface area contributed by atoms with Crippen molar-refractivity contribution in [3.05, 3.63) is 59.0 Å². The molecule has 0 spiro atoms. The summed E-state index contributed by atoms with van der Waals surface area (Å²) in [6.07, 6.45) is 14.0. The normalized spacial score (nSPS) is 16.4. The summed E-state index contributed by atoms with van der Waals surface area (Å²) in [6.45, 7) is 31.6. The van der Waals surface area contributed by atoms with E-state index < -0.39 is 0 Å². The van der Waals surface area contributed by atoms with Gasteiger partial charge in [-0.2, -0.15) is 0 Å². The first kappa shape index (κ1) is 52.7. The molecule has 2 aliphatic heterocycles. The number of hydrogen-bond donors (Lipinski definition) is 0. The smallest absolute Gasteiger partial charge is 0.182 e. The SMILES string of the molecule is CCCCC(CC)COc1ccc(C)cc1-c1cc(-c2sc(-c3ccc(-c4sc(C)c5c4OCC(C)(C)CO5)n3CC(CC)CCCC)c3c2OCC(C)(C)CO3)ccc1OCC(CC)CCCC. The fraction of sp³-hybridized carbons (Fsp3) is 0.600. The van der Waals surface area contributed by atoms with Crippen LogP contribution in [0.1, 0.15) is 157 Å². The summed E-state index contributed by atoms with van der Waals surface area (Å²) >= 11 is 3.56. The van der Waals surface area contributed by atoms with Crippen molar-refractivity contribution in [1.82, 2.24) is 4.57 Å². The third-order valence-electron chi connectivity index (χ3n) is 14.4. The van der Waals surface area contributed by atoms with Gasteiger partial charge in [-0.25, -0.2) is 0 Å². The van der Waals surface area contributed by atoms with Crippen LogP contribution in [0.2, 0.25) is 0 Å². The van der Waals surface area contributed by atoms with Gasteiger partial charge in [0, 0.05) is 33.4 Å². The van der Waals surface area contributed by atoms with E-state index in [2.05, 4.69) is 136 Å². The molecule has 7 rings (SSSR count). The largest absolute Gasteiger partial charge is 0.493 e. The van der Waals surface area contributed by atoms with Crippen molar-refractivity contribution in [3.63, 3.8) is 0 Å². The average molecular weight is 980 g/mol. The number of rotatable bonds is 24. The van der Waals surface area contributed by atoms with Gasteiger partial charge in [-0.3, -0.25) is 0 Å². The summed E-state index contributed by atoms with van der Waals surface area (Å²) in [7, 11) is 0. The fourth-order valence-electron chi connectivity index (χ4n) is 9.59. The van der Waals surface area contributed by atoms with Gasteiger partial charge in [-0.1, -0.05) is 139 Å². The minimum Gasteiger partial charge on any atom is -0.493 e. The van der Waals surface area contributed by atoms with Gasteiger partial charge in [0.1, 0.15) is 11.5 Å². The molecule has 69 heavy (non-hydrogen) atoms. The van der Waals surface area contributed by atoms with Crippen LogP contribution < -0.4 is 28.4 Å². The lowest BCUT2D eigenvalue weighted by atomic mass is 9.96. The van der Waals surface area contributed by atoms with Crippen molar-refractivity contribution in [2.75, 3.05) is 39.6 Å². The fourth-order valence-corrected chi connectivity index (χ4v) is 11.9. The summed E-state index contributed by atoms with van der Waals surface area (Å²) in [6, 6.07) is 18.0. The van der Waals surface area contributed by atoms with Gasteiger partial charge >= 0.3 is 0 Å². The lowest BCUT2D eigenvalue weighted by molar-refractivity contribution is 0.140. The van der Waals surface area contributed by atoms with Crippen LogP contribution in [-0.4, -0.2) is 44.2 Å². The second-order valence-corrected chi connectivity index (χ2v) is 24.1. The van der Waals surface area contributed by atoms with Crippen LogP contribution in [0, 0.1) is 42.4 Å². The molecule has 7 nitrogen and oxygen atoms in total. The van der Waals surface area contributed by atoms with Crippen LogP contribution in [0.4, 0.5) is 0 Å².